The summed E-state index contributed by atoms with van der Waals surface area (Å²) in [7, 11) is 0. The number of aliphatic carboxylic acids is 1. The van der Waals surface area contributed by atoms with Crippen molar-refractivity contribution in [2.75, 3.05) is 12.4 Å². The van der Waals surface area contributed by atoms with Crippen LogP contribution in [-0.2, 0) is 9.59 Å². The van der Waals surface area contributed by atoms with Gasteiger partial charge in [-0.05, 0) is 24.1 Å². The molecule has 1 aromatic rings. The molecule has 0 saturated carbocycles. The van der Waals surface area contributed by atoms with Crippen molar-refractivity contribution in [2.45, 2.75) is 13.3 Å². The van der Waals surface area contributed by atoms with Crippen molar-refractivity contribution in [2.24, 2.45) is 0 Å². The van der Waals surface area contributed by atoms with Crippen molar-refractivity contribution < 1.29 is 19.4 Å². The Balaban J connectivity index is 2.37. The van der Waals surface area contributed by atoms with Gasteiger partial charge in [-0.25, -0.2) is 4.79 Å². The van der Waals surface area contributed by atoms with E-state index in [1.165, 1.54) is 11.8 Å². The van der Waals surface area contributed by atoms with Crippen LogP contribution in [0.15, 0.2) is 30.3 Å². The SMILES string of the molecule is CC(=O)SCCC=Cc1ccc(OCC(=O)O)cc1. The van der Waals surface area contributed by atoms with E-state index in [-0.39, 0.29) is 11.7 Å². The standard InChI is InChI=1S/C14H16O4S/c1-11(15)19-9-3-2-4-12-5-7-13(8-6-12)18-10-14(16)17/h2,4-8H,3,9-10H2,1H3,(H,16,17). The minimum Gasteiger partial charge on any atom is -0.482 e. The molecular weight excluding hydrogens is 264 g/mol. The minimum atomic E-state index is -0.994. The van der Waals surface area contributed by atoms with Gasteiger partial charge in [0.25, 0.3) is 0 Å². The average molecular weight is 280 g/mol. The van der Waals surface area contributed by atoms with Gasteiger partial charge in [0.2, 0.25) is 0 Å². The molecule has 0 radical (unpaired) electrons. The van der Waals surface area contributed by atoms with E-state index in [4.69, 9.17) is 9.84 Å². The lowest BCUT2D eigenvalue weighted by Gasteiger charge is -2.02. The largest absolute Gasteiger partial charge is 0.482 e. The molecule has 0 bridgehead atoms. The van der Waals surface area contributed by atoms with Gasteiger partial charge in [-0.3, -0.25) is 4.79 Å². The first kappa shape index (κ1) is 15.3. The van der Waals surface area contributed by atoms with E-state index >= 15 is 0 Å². The molecule has 0 saturated heterocycles. The fourth-order valence-electron chi connectivity index (χ4n) is 1.31. The number of allylic oxidation sites excluding steroid dienone is 1. The third-order valence-corrected chi connectivity index (χ3v) is 2.99. The van der Waals surface area contributed by atoms with Gasteiger partial charge in [0.15, 0.2) is 11.7 Å². The van der Waals surface area contributed by atoms with Crippen LogP contribution in [0.3, 0.4) is 0 Å². The molecule has 0 atom stereocenters. The Morgan fingerprint density at radius 2 is 2.00 bits per heavy atom. The molecule has 0 amide bonds. The van der Waals surface area contributed by atoms with Crippen LogP contribution in [0.5, 0.6) is 5.75 Å². The average Bonchev–Trinajstić information content (AvgIpc) is 2.37. The lowest BCUT2D eigenvalue weighted by Crippen LogP contribution is -2.09. The van der Waals surface area contributed by atoms with Gasteiger partial charge in [-0.15, -0.1) is 0 Å². The molecule has 5 heteroatoms. The molecule has 0 aliphatic rings. The first-order valence-corrected chi connectivity index (χ1v) is 6.81. The number of thioether (sulfide) groups is 1. The molecule has 0 aliphatic heterocycles. The molecule has 1 aromatic carbocycles. The molecule has 102 valence electrons. The fourth-order valence-corrected chi connectivity index (χ4v) is 1.85. The smallest absolute Gasteiger partial charge is 0.341 e. The summed E-state index contributed by atoms with van der Waals surface area (Å²) in [4.78, 5) is 21.0. The highest BCUT2D eigenvalue weighted by molar-refractivity contribution is 8.13. The molecule has 0 aliphatic carbocycles. The molecule has 0 spiro atoms. The summed E-state index contributed by atoms with van der Waals surface area (Å²) in [6, 6.07) is 7.16. The van der Waals surface area contributed by atoms with Crippen LogP contribution in [0.2, 0.25) is 0 Å². The van der Waals surface area contributed by atoms with E-state index in [0.29, 0.717) is 5.75 Å². The lowest BCUT2D eigenvalue weighted by atomic mass is 10.2. The summed E-state index contributed by atoms with van der Waals surface area (Å²) in [5, 5.41) is 8.61. The van der Waals surface area contributed by atoms with Gasteiger partial charge < -0.3 is 9.84 Å². The number of carbonyl (C=O) groups is 2. The molecule has 1 rings (SSSR count). The van der Waals surface area contributed by atoms with Crippen molar-refractivity contribution in [1.82, 2.24) is 0 Å². The van der Waals surface area contributed by atoms with Crippen molar-refractivity contribution >= 4 is 28.9 Å². The zero-order chi connectivity index (χ0) is 14.1. The quantitative estimate of drug-likeness (QED) is 0.778. The molecule has 19 heavy (non-hydrogen) atoms. The van der Waals surface area contributed by atoms with E-state index in [0.717, 1.165) is 17.7 Å². The third-order valence-electron chi connectivity index (χ3n) is 2.14. The Bertz CT molecular complexity index is 451. The summed E-state index contributed by atoms with van der Waals surface area (Å²) in [6.07, 6.45) is 4.80. The first-order chi connectivity index (χ1) is 9.08. The summed E-state index contributed by atoms with van der Waals surface area (Å²) in [6.45, 7) is 1.22. The maximum absolute atomic E-state index is 10.7. The number of benzene rings is 1. The highest BCUT2D eigenvalue weighted by atomic mass is 32.2. The molecule has 0 heterocycles. The number of carbonyl (C=O) groups excluding carboxylic acids is 1. The van der Waals surface area contributed by atoms with Gasteiger partial charge in [-0.1, -0.05) is 36.0 Å². The van der Waals surface area contributed by atoms with Crippen LogP contribution in [0.1, 0.15) is 18.9 Å². The highest BCUT2D eigenvalue weighted by Gasteiger charge is 1.98. The zero-order valence-electron chi connectivity index (χ0n) is 10.7. The monoisotopic (exact) mass is 280 g/mol. The van der Waals surface area contributed by atoms with E-state index in [9.17, 15) is 9.59 Å². The Morgan fingerprint density at radius 3 is 2.58 bits per heavy atom. The number of ether oxygens (including phenoxy) is 1. The van der Waals surface area contributed by atoms with Gasteiger partial charge >= 0.3 is 5.97 Å². The molecule has 4 nitrogen and oxygen atoms in total. The van der Waals surface area contributed by atoms with Crippen LogP contribution < -0.4 is 4.74 Å². The van der Waals surface area contributed by atoms with E-state index in [1.54, 1.807) is 19.1 Å². The van der Waals surface area contributed by atoms with Crippen LogP contribution >= 0.6 is 11.8 Å². The van der Waals surface area contributed by atoms with Crippen molar-refractivity contribution in [3.63, 3.8) is 0 Å². The maximum Gasteiger partial charge on any atom is 0.341 e. The van der Waals surface area contributed by atoms with Crippen molar-refractivity contribution in [1.29, 1.82) is 0 Å². The van der Waals surface area contributed by atoms with Crippen LogP contribution in [-0.4, -0.2) is 28.6 Å². The normalized spacial score (nSPS) is 10.6. The second-order valence-electron chi connectivity index (χ2n) is 3.78. The minimum absolute atomic E-state index is 0.133. The Kier molecular flexibility index (Phi) is 6.74. The second kappa shape index (κ2) is 8.37. The summed E-state index contributed by atoms with van der Waals surface area (Å²) >= 11 is 1.31. The van der Waals surface area contributed by atoms with Gasteiger partial charge in [0.05, 0.1) is 0 Å². The predicted molar refractivity (Wildman–Crippen MR) is 76.4 cm³/mol. The number of rotatable bonds is 7. The fraction of sp³-hybridized carbons (Fsp3) is 0.286. The number of hydrogen-bond donors (Lipinski definition) is 1. The number of carboxylic acids is 1. The zero-order valence-corrected chi connectivity index (χ0v) is 11.5. The topological polar surface area (TPSA) is 63.6 Å². The van der Waals surface area contributed by atoms with Gasteiger partial charge in [0.1, 0.15) is 5.75 Å². The highest BCUT2D eigenvalue weighted by Crippen LogP contribution is 2.13. The number of carboxylic acid groups (broad SMARTS) is 1. The molecular formula is C14H16O4S. The third kappa shape index (κ3) is 7.31. The van der Waals surface area contributed by atoms with Crippen molar-refractivity contribution in [3.05, 3.63) is 35.9 Å². The molecule has 0 fully saturated rings. The van der Waals surface area contributed by atoms with Crippen molar-refractivity contribution in [3.8, 4) is 5.75 Å². The summed E-state index contributed by atoms with van der Waals surface area (Å²) in [5.41, 5.74) is 1.01. The molecule has 1 N–H and O–H groups in total. The van der Waals surface area contributed by atoms with Crippen LogP contribution in [0.4, 0.5) is 0 Å². The lowest BCUT2D eigenvalue weighted by molar-refractivity contribution is -0.139. The van der Waals surface area contributed by atoms with E-state index in [2.05, 4.69) is 0 Å². The van der Waals surface area contributed by atoms with Gasteiger partial charge in [-0.2, -0.15) is 0 Å². The Hall–Kier alpha value is -1.75. The maximum atomic E-state index is 10.7. The van der Waals surface area contributed by atoms with Crippen LogP contribution in [0.25, 0.3) is 6.08 Å². The Labute approximate surface area is 116 Å². The predicted octanol–water partition coefficient (Wildman–Crippen LogP) is 2.83. The van der Waals surface area contributed by atoms with E-state index < -0.39 is 5.97 Å². The second-order valence-corrected chi connectivity index (χ2v) is 5.05. The van der Waals surface area contributed by atoms with E-state index in [1.807, 2.05) is 24.3 Å². The van der Waals surface area contributed by atoms with Gasteiger partial charge in [0, 0.05) is 12.7 Å². The van der Waals surface area contributed by atoms with Crippen LogP contribution in [0, 0.1) is 0 Å². The first-order valence-electron chi connectivity index (χ1n) is 5.82. The number of hydrogen-bond acceptors (Lipinski definition) is 4. The Morgan fingerprint density at radius 1 is 1.32 bits per heavy atom. The molecule has 0 aromatic heterocycles. The molecule has 0 unspecified atom stereocenters. The summed E-state index contributed by atoms with van der Waals surface area (Å²) < 4.78 is 5.03. The summed E-state index contributed by atoms with van der Waals surface area (Å²) in [5.74, 6) is 0.324.